The fourth-order valence-corrected chi connectivity index (χ4v) is 3.83. The van der Waals surface area contributed by atoms with E-state index in [0.29, 0.717) is 18.4 Å². The Balaban J connectivity index is 1.49. The van der Waals surface area contributed by atoms with Gasteiger partial charge >= 0.3 is 6.09 Å². The predicted octanol–water partition coefficient (Wildman–Crippen LogP) is 3.47. The first-order chi connectivity index (χ1) is 14.5. The number of benzene rings is 1. The van der Waals surface area contributed by atoms with Crippen molar-refractivity contribution in [1.29, 1.82) is 0 Å². The van der Waals surface area contributed by atoms with Crippen LogP contribution in [0.1, 0.15) is 32.4 Å². The molecule has 0 radical (unpaired) electrons. The molecule has 1 unspecified atom stereocenters. The minimum atomic E-state index is -0.357. The monoisotopic (exact) mass is 411 g/mol. The Kier molecular flexibility index (Phi) is 6.03. The van der Waals surface area contributed by atoms with Crippen molar-refractivity contribution in [2.45, 2.75) is 32.9 Å². The van der Waals surface area contributed by atoms with E-state index in [1.165, 1.54) is 5.69 Å². The summed E-state index contributed by atoms with van der Waals surface area (Å²) in [6.45, 7) is 9.93. The summed E-state index contributed by atoms with van der Waals surface area (Å²) >= 11 is 0. The van der Waals surface area contributed by atoms with Crippen molar-refractivity contribution in [3.8, 4) is 0 Å². The van der Waals surface area contributed by atoms with E-state index >= 15 is 0 Å². The molecule has 1 aromatic heterocycles. The average Bonchev–Trinajstić information content (AvgIpc) is 3.16. The molecule has 2 aromatic rings. The summed E-state index contributed by atoms with van der Waals surface area (Å²) < 4.78 is 10.7. The van der Waals surface area contributed by atoms with Gasteiger partial charge in [0.05, 0.1) is 25.3 Å². The number of amides is 1. The van der Waals surface area contributed by atoms with Gasteiger partial charge in [-0.1, -0.05) is 26.0 Å². The van der Waals surface area contributed by atoms with E-state index in [1.807, 2.05) is 0 Å². The molecule has 8 heteroatoms. The summed E-state index contributed by atoms with van der Waals surface area (Å²) in [5.41, 5.74) is 2.34. The van der Waals surface area contributed by atoms with Crippen molar-refractivity contribution in [2.75, 3.05) is 48.0 Å². The van der Waals surface area contributed by atoms with Gasteiger partial charge in [-0.3, -0.25) is 4.90 Å². The fourth-order valence-electron chi connectivity index (χ4n) is 3.83. The molecule has 2 fully saturated rings. The lowest BCUT2D eigenvalue weighted by Gasteiger charge is -2.29. The summed E-state index contributed by atoms with van der Waals surface area (Å²) in [4.78, 5) is 25.2. The van der Waals surface area contributed by atoms with Crippen molar-refractivity contribution in [3.63, 3.8) is 0 Å². The summed E-state index contributed by atoms with van der Waals surface area (Å²) in [5, 5.41) is 3.37. The van der Waals surface area contributed by atoms with Gasteiger partial charge in [0.25, 0.3) is 0 Å². The zero-order chi connectivity index (χ0) is 21.1. The van der Waals surface area contributed by atoms with Gasteiger partial charge in [0, 0.05) is 25.0 Å². The van der Waals surface area contributed by atoms with Gasteiger partial charge in [-0.05, 0) is 36.6 Å². The van der Waals surface area contributed by atoms with Crippen LogP contribution in [0.3, 0.4) is 0 Å². The Morgan fingerprint density at radius 2 is 1.97 bits per heavy atom. The zero-order valence-corrected chi connectivity index (χ0v) is 17.7. The number of anilines is 3. The molecule has 0 bridgehead atoms. The highest BCUT2D eigenvalue weighted by atomic mass is 16.6. The van der Waals surface area contributed by atoms with Crippen molar-refractivity contribution in [2.24, 2.45) is 5.92 Å². The highest BCUT2D eigenvalue weighted by Gasteiger charge is 2.37. The quantitative estimate of drug-likeness (QED) is 0.780. The lowest BCUT2D eigenvalue weighted by Crippen LogP contribution is -2.37. The van der Waals surface area contributed by atoms with E-state index in [0.717, 1.165) is 31.9 Å². The lowest BCUT2D eigenvalue weighted by atomic mass is 10.0. The van der Waals surface area contributed by atoms with E-state index in [9.17, 15) is 4.79 Å². The molecule has 1 aromatic carbocycles. The molecule has 0 spiro atoms. The van der Waals surface area contributed by atoms with Gasteiger partial charge in [0.1, 0.15) is 12.4 Å². The van der Waals surface area contributed by atoms with Gasteiger partial charge in [-0.2, -0.15) is 4.98 Å². The van der Waals surface area contributed by atoms with Crippen LogP contribution in [0.5, 0.6) is 0 Å². The molecule has 30 heavy (non-hydrogen) atoms. The van der Waals surface area contributed by atoms with Crippen LogP contribution in [0.2, 0.25) is 0 Å². The molecule has 3 heterocycles. The maximum atomic E-state index is 12.2. The highest BCUT2D eigenvalue weighted by Crippen LogP contribution is 2.27. The number of carbonyl (C=O) groups excluding carboxylic acids is 1. The maximum Gasteiger partial charge on any atom is 0.415 e. The van der Waals surface area contributed by atoms with Crippen molar-refractivity contribution in [3.05, 3.63) is 42.1 Å². The Bertz CT molecular complexity index is 885. The maximum absolute atomic E-state index is 12.2. The average molecular weight is 412 g/mol. The summed E-state index contributed by atoms with van der Waals surface area (Å²) in [6.07, 6.45) is 1.31. The van der Waals surface area contributed by atoms with E-state index in [-0.39, 0.29) is 24.1 Å². The van der Waals surface area contributed by atoms with Gasteiger partial charge in [-0.25, -0.2) is 9.78 Å². The van der Waals surface area contributed by atoms with E-state index < -0.39 is 0 Å². The second-order valence-electron chi connectivity index (χ2n) is 8.06. The predicted molar refractivity (Wildman–Crippen MR) is 116 cm³/mol. The molecule has 2 aliphatic rings. The van der Waals surface area contributed by atoms with E-state index in [4.69, 9.17) is 9.47 Å². The van der Waals surface area contributed by atoms with Crippen LogP contribution < -0.4 is 15.1 Å². The van der Waals surface area contributed by atoms with E-state index in [1.54, 1.807) is 17.2 Å². The highest BCUT2D eigenvalue weighted by molar-refractivity contribution is 5.89. The summed E-state index contributed by atoms with van der Waals surface area (Å²) in [5.74, 6) is 1.31. The number of morpholine rings is 1. The van der Waals surface area contributed by atoms with Gasteiger partial charge in [0.15, 0.2) is 0 Å². The second-order valence-corrected chi connectivity index (χ2v) is 8.06. The summed E-state index contributed by atoms with van der Waals surface area (Å²) in [6, 6.07) is 10.2. The molecule has 2 atom stereocenters. The number of cyclic esters (lactones) is 1. The molecule has 2 saturated heterocycles. The molecular weight excluding hydrogens is 382 g/mol. The lowest BCUT2D eigenvalue weighted by molar-refractivity contribution is 0.122. The van der Waals surface area contributed by atoms with Crippen LogP contribution in [0.4, 0.5) is 22.2 Å². The molecule has 0 saturated carbocycles. The zero-order valence-electron chi connectivity index (χ0n) is 17.7. The van der Waals surface area contributed by atoms with Crippen molar-refractivity contribution < 1.29 is 14.3 Å². The standard InChI is InChI=1S/C22H29N5O3/c1-15(2)19-14-30-22(28)27(19)20-7-8-23-21(25-20)24-16(3)17-5-4-6-18(13-17)26-9-11-29-12-10-26/h4-8,13,15-16,19H,9-12,14H2,1-3H3,(H,23,24,25)/t16?,19-/m1/s1. The number of hydrogen-bond acceptors (Lipinski definition) is 7. The minimum Gasteiger partial charge on any atom is -0.447 e. The Morgan fingerprint density at radius 3 is 2.73 bits per heavy atom. The van der Waals surface area contributed by atoms with E-state index in [2.05, 4.69) is 65.2 Å². The van der Waals surface area contributed by atoms with Gasteiger partial charge in [-0.15, -0.1) is 0 Å². The molecule has 4 rings (SSSR count). The Morgan fingerprint density at radius 1 is 1.17 bits per heavy atom. The number of rotatable bonds is 6. The van der Waals surface area contributed by atoms with Crippen LogP contribution in [0.25, 0.3) is 0 Å². The van der Waals surface area contributed by atoms with Crippen LogP contribution in [-0.2, 0) is 9.47 Å². The number of hydrogen-bond donors (Lipinski definition) is 1. The topological polar surface area (TPSA) is 79.8 Å². The molecule has 8 nitrogen and oxygen atoms in total. The first kappa shape index (κ1) is 20.4. The molecule has 160 valence electrons. The number of nitrogens with zero attached hydrogens (tertiary/aromatic N) is 4. The number of carbonyl (C=O) groups is 1. The third-order valence-corrected chi connectivity index (χ3v) is 5.66. The third-order valence-electron chi connectivity index (χ3n) is 5.66. The molecule has 1 amide bonds. The third kappa shape index (κ3) is 4.33. The van der Waals surface area contributed by atoms with Gasteiger partial charge in [0.2, 0.25) is 5.95 Å². The smallest absolute Gasteiger partial charge is 0.415 e. The summed E-state index contributed by atoms with van der Waals surface area (Å²) in [7, 11) is 0. The Labute approximate surface area is 177 Å². The minimum absolute atomic E-state index is 0.00710. The first-order valence-corrected chi connectivity index (χ1v) is 10.5. The van der Waals surface area contributed by atoms with Crippen LogP contribution in [-0.4, -0.2) is 55.0 Å². The Hall–Kier alpha value is -2.87. The number of ether oxygens (including phenoxy) is 2. The molecule has 0 aliphatic carbocycles. The second kappa shape index (κ2) is 8.87. The fraction of sp³-hybridized carbons (Fsp3) is 0.500. The van der Waals surface area contributed by atoms with Crippen LogP contribution in [0, 0.1) is 5.92 Å². The molecular formula is C22H29N5O3. The van der Waals surface area contributed by atoms with Crippen LogP contribution in [0.15, 0.2) is 36.5 Å². The largest absolute Gasteiger partial charge is 0.447 e. The molecule has 1 N–H and O–H groups in total. The van der Waals surface area contributed by atoms with Crippen molar-refractivity contribution >= 4 is 23.5 Å². The van der Waals surface area contributed by atoms with Crippen molar-refractivity contribution in [1.82, 2.24) is 9.97 Å². The van der Waals surface area contributed by atoms with Gasteiger partial charge < -0.3 is 19.7 Å². The molecule has 2 aliphatic heterocycles. The number of aromatic nitrogens is 2. The first-order valence-electron chi connectivity index (χ1n) is 10.5. The number of nitrogens with one attached hydrogen (secondary N) is 1. The van der Waals surface area contributed by atoms with Crippen LogP contribution >= 0.6 is 0 Å². The normalized spacial score (nSPS) is 20.4. The SMILES string of the molecule is CC(Nc1nccc(N2C(=O)OC[C@@H]2C(C)C)n1)c1cccc(N2CCOCC2)c1.